The van der Waals surface area contributed by atoms with Crippen LogP contribution in [0.2, 0.25) is 0 Å². The predicted molar refractivity (Wildman–Crippen MR) is 420 cm³/mol. The summed E-state index contributed by atoms with van der Waals surface area (Å²) in [4.78, 5) is 181. The maximum Gasteiger partial charge on any atom is 0.233 e. The van der Waals surface area contributed by atoms with E-state index < -0.39 is 0 Å². The van der Waals surface area contributed by atoms with Crippen molar-refractivity contribution in [1.29, 1.82) is 0 Å². The first kappa shape index (κ1) is 105. The van der Waals surface area contributed by atoms with E-state index in [2.05, 4.69) is 19.9 Å². The van der Waals surface area contributed by atoms with Crippen LogP contribution in [0.5, 0.6) is 0 Å². The predicted octanol–water partition coefficient (Wildman–Crippen LogP) is 10.9. The molecule has 0 aliphatic carbocycles. The molecule has 5 unspecified atom stereocenters. The lowest BCUT2D eigenvalue weighted by Crippen LogP contribution is -2.36. The molecule has 4 saturated heterocycles. The largest absolute Gasteiger partial charge is 0.377 e. The number of carbonyl (C=O) groups excluding carboxylic acids is 15. The van der Waals surface area contributed by atoms with Gasteiger partial charge in [0.05, 0.1) is 46.2 Å². The minimum atomic E-state index is -0.271. The Kier molecular flexibility index (Phi) is 59.0. The number of ketones is 5. The summed E-state index contributed by atoms with van der Waals surface area (Å²) < 4.78 is 21.0. The third-order valence-corrected chi connectivity index (χ3v) is 18.3. The molecule has 0 aromatic heterocycles. The van der Waals surface area contributed by atoms with Crippen molar-refractivity contribution in [3.8, 4) is 0 Å². The molecule has 0 saturated carbocycles. The molecule has 4 fully saturated rings. The Hall–Kier alpha value is -5.88. The monoisotopic (exact) mass is 1540 g/mol. The van der Waals surface area contributed by atoms with Crippen molar-refractivity contribution in [3.05, 3.63) is 0 Å². The molecule has 0 spiro atoms. The first-order valence-electron chi connectivity index (χ1n) is 39.6. The maximum atomic E-state index is 12.2. The Morgan fingerprint density at radius 3 is 0.972 bits per heavy atom. The lowest BCUT2D eigenvalue weighted by molar-refractivity contribution is -0.142. The second kappa shape index (κ2) is 59.9. The van der Waals surface area contributed by atoms with Gasteiger partial charge in [0.15, 0.2) is 11.6 Å². The van der Waals surface area contributed by atoms with Gasteiger partial charge >= 0.3 is 0 Å². The molecule has 618 valence electrons. The number of likely N-dealkylation sites (tertiary alicyclic amines) is 4. The van der Waals surface area contributed by atoms with Crippen molar-refractivity contribution in [2.45, 2.75) is 249 Å². The molecule has 5 atom stereocenters. The van der Waals surface area contributed by atoms with E-state index in [4.69, 9.17) is 18.9 Å². The van der Waals surface area contributed by atoms with E-state index in [1.54, 1.807) is 0 Å². The van der Waals surface area contributed by atoms with E-state index in [0.29, 0.717) is 103 Å². The summed E-state index contributed by atoms with van der Waals surface area (Å²) in [5, 5.41) is 5.59. The van der Waals surface area contributed by atoms with E-state index >= 15 is 0 Å². The zero-order valence-corrected chi connectivity index (χ0v) is 71.4. The van der Waals surface area contributed by atoms with Gasteiger partial charge in [-0.3, -0.25) is 91.5 Å². The summed E-state index contributed by atoms with van der Waals surface area (Å²) >= 11 is 0. The number of Topliss-reactive ketones (excluding diaryl/α,β-unsaturated/α-hetero) is 5. The van der Waals surface area contributed by atoms with Gasteiger partial charge in [-0.05, 0) is 55.3 Å². The van der Waals surface area contributed by atoms with Crippen molar-refractivity contribution < 1.29 is 90.9 Å². The smallest absolute Gasteiger partial charge is 0.233 e. The van der Waals surface area contributed by atoms with Crippen LogP contribution in [0.3, 0.4) is 0 Å². The molecule has 0 aromatic carbocycles. The van der Waals surface area contributed by atoms with Gasteiger partial charge in [0.1, 0.15) is 30.6 Å². The van der Waals surface area contributed by atoms with Crippen LogP contribution in [0.25, 0.3) is 0 Å². The number of amides is 10. The highest BCUT2D eigenvalue weighted by Gasteiger charge is 2.43. The molecule has 0 bridgehead atoms. The highest BCUT2D eigenvalue weighted by atomic mass is 31.0. The Morgan fingerprint density at radius 2 is 0.636 bits per heavy atom. The van der Waals surface area contributed by atoms with Crippen LogP contribution < -0.4 is 10.6 Å². The number of unbranched alkanes of at least 4 members (excludes halogenated alkanes) is 4. The number of hydrogen-bond acceptors (Lipinski definition) is 19. The average molecular weight is 1540 g/mol. The zero-order chi connectivity index (χ0) is 82.8. The standard InChI is InChI=1S/C19H32N2O6.C16H27NO5.C16H27NO3.C14H27NO2.C13H21NO3.C2H6.CH5P/c1-13(2)15-11-18(24)21(19(15)25)7-5-17(23)20-6-8-26-9-10-27-12-16(22)14(3)4;1-11(2)13-9-15(19)17(16(13)20)5-6-21-7-8-22-10-14(18)12(3)4;1-11(2)13-10-15(19)17(16(13)20)9-7-5-6-8-14(18)12(3)4;1-11(2)10-14(17)15-9-7-5-6-8-13(16)12(3)4;1-8(2)10-7-12(16)14(13(10)17)6-5-11(15)9(3)4;2*1-2/h13-15H,5-12H2,1-4H3,(H,20,23);11-13H,5-10H2,1-4H3;11-13H,5-10H2,1-4H3;11-12H,5-10H2,1-4H3,(H,15,17);8-10H,5-7H2,1-4H3;1-2H3;2H2,1H3. The second-order valence-electron chi connectivity index (χ2n) is 30.6. The highest BCUT2D eigenvalue weighted by Crippen LogP contribution is 2.30. The summed E-state index contributed by atoms with van der Waals surface area (Å²) in [5.41, 5.74) is 0. The number of nitrogens with one attached hydrogen (secondary N) is 2. The lowest BCUT2D eigenvalue weighted by Gasteiger charge is -2.16. The normalized spacial score (nSPS) is 17.0. The molecule has 25 nitrogen and oxygen atoms in total. The number of rotatable bonds is 45. The van der Waals surface area contributed by atoms with Crippen molar-refractivity contribution >= 4 is 97.2 Å². The van der Waals surface area contributed by atoms with Gasteiger partial charge in [-0.15, -0.1) is 9.24 Å². The molecule has 4 aliphatic rings. The fourth-order valence-corrected chi connectivity index (χ4v) is 10.8. The maximum absolute atomic E-state index is 12.2. The minimum absolute atomic E-state index is 0.0109. The van der Waals surface area contributed by atoms with Crippen molar-refractivity contribution in [2.24, 2.45) is 82.9 Å². The topological polar surface area (TPSA) is 330 Å². The molecular formula is C81H145N6O19P. The summed E-state index contributed by atoms with van der Waals surface area (Å²) in [6.45, 7) is 48.6. The highest BCUT2D eigenvalue weighted by molar-refractivity contribution is 7.15. The molecule has 4 rings (SSSR count). The van der Waals surface area contributed by atoms with Crippen LogP contribution in [-0.2, 0) is 90.9 Å². The number of imide groups is 4. The summed E-state index contributed by atoms with van der Waals surface area (Å²) in [6.07, 6.45) is 8.91. The zero-order valence-electron chi connectivity index (χ0n) is 70.2. The van der Waals surface area contributed by atoms with E-state index in [9.17, 15) is 71.9 Å². The third-order valence-electron chi connectivity index (χ3n) is 18.3. The lowest BCUT2D eigenvalue weighted by atomic mass is 9.94. The number of hydrogen-bond donors (Lipinski definition) is 2. The Morgan fingerprint density at radius 1 is 0.336 bits per heavy atom. The first-order valence-corrected chi connectivity index (χ1v) is 40.8. The van der Waals surface area contributed by atoms with Crippen LogP contribution in [0.4, 0.5) is 0 Å². The van der Waals surface area contributed by atoms with Gasteiger partial charge in [0.2, 0.25) is 59.1 Å². The van der Waals surface area contributed by atoms with Gasteiger partial charge in [-0.2, -0.15) is 0 Å². The van der Waals surface area contributed by atoms with E-state index in [1.165, 1.54) is 19.6 Å². The van der Waals surface area contributed by atoms with Gasteiger partial charge < -0.3 is 29.6 Å². The summed E-state index contributed by atoms with van der Waals surface area (Å²) in [5.74, 6) is 0.323. The van der Waals surface area contributed by atoms with E-state index in [-0.39, 0.29) is 211 Å². The summed E-state index contributed by atoms with van der Waals surface area (Å²) in [6, 6.07) is 0. The molecule has 10 amide bonds. The molecule has 26 heteroatoms. The van der Waals surface area contributed by atoms with Crippen LogP contribution in [-0.4, -0.2) is 206 Å². The van der Waals surface area contributed by atoms with Gasteiger partial charge in [0, 0.05) is 144 Å². The van der Waals surface area contributed by atoms with Crippen molar-refractivity contribution in [2.75, 3.05) is 98.8 Å². The first-order chi connectivity index (χ1) is 50.2. The molecule has 4 aliphatic heterocycles. The van der Waals surface area contributed by atoms with Crippen LogP contribution in [0.1, 0.15) is 249 Å². The molecular weight excluding hydrogens is 1390 g/mol. The van der Waals surface area contributed by atoms with Crippen LogP contribution in [0.15, 0.2) is 0 Å². The SMILES string of the molecule is CC.CC(C)C(=O)CCCCCN1C(=O)CC(C(C)C)C1=O.CC(C)C(=O)CCN1C(=O)CC(C(C)C)C1=O.CC(C)C(=O)COCCOCCN1C(=O)CC(C(C)C)C1=O.CC(C)C(=O)COCCOCCNC(=O)CCN1C(=O)CC(C(C)C)C1=O.CC(C)CC(=O)NCCCCCC(=O)C(C)C.CP. The number of carbonyl (C=O) groups is 15. The minimum Gasteiger partial charge on any atom is -0.377 e. The molecule has 0 aromatic rings. The van der Waals surface area contributed by atoms with Gasteiger partial charge in [0.25, 0.3) is 0 Å². The van der Waals surface area contributed by atoms with Crippen LogP contribution in [0, 0.1) is 82.9 Å². The fourth-order valence-electron chi connectivity index (χ4n) is 10.8. The summed E-state index contributed by atoms with van der Waals surface area (Å²) in [7, 11) is 2.42. The van der Waals surface area contributed by atoms with Crippen molar-refractivity contribution in [3.63, 3.8) is 0 Å². The molecule has 4 heterocycles. The molecule has 0 radical (unpaired) electrons. The Labute approximate surface area is 645 Å². The quantitative estimate of drug-likeness (QED) is 0.0325. The van der Waals surface area contributed by atoms with E-state index in [0.717, 1.165) is 45.1 Å². The molecule has 2 N–H and O–H groups in total. The fraction of sp³-hybridized carbons (Fsp3) is 0.815. The second-order valence-corrected chi connectivity index (χ2v) is 30.6. The average Bonchev–Trinajstić information content (AvgIpc) is 1.71. The van der Waals surface area contributed by atoms with E-state index in [1.807, 2.05) is 159 Å². The van der Waals surface area contributed by atoms with Gasteiger partial charge in [-0.25, -0.2) is 0 Å². The molecule has 107 heavy (non-hydrogen) atoms. The van der Waals surface area contributed by atoms with Crippen LogP contribution >= 0.6 is 9.24 Å². The Bertz CT molecular complexity index is 2710. The number of ether oxygens (including phenoxy) is 4. The van der Waals surface area contributed by atoms with Gasteiger partial charge in [-0.1, -0.05) is 172 Å². The van der Waals surface area contributed by atoms with Crippen molar-refractivity contribution in [1.82, 2.24) is 30.2 Å². The Balaban J connectivity index is -0.00000126. The third kappa shape index (κ3) is 45.1. The number of nitrogens with zero attached hydrogens (tertiary/aromatic N) is 4.